The lowest BCUT2D eigenvalue weighted by Gasteiger charge is -1.95. The van der Waals surface area contributed by atoms with Crippen LogP contribution in [0.25, 0.3) is 16.7 Å². The number of fused-ring (bicyclic) bond motifs is 3. The molecule has 17 heavy (non-hydrogen) atoms. The Morgan fingerprint density at radius 1 is 1.12 bits per heavy atom. The van der Waals surface area contributed by atoms with E-state index in [9.17, 15) is 0 Å². The van der Waals surface area contributed by atoms with E-state index in [1.807, 2.05) is 36.6 Å². The number of aryl methyl sites for hydroxylation is 1. The maximum Gasteiger partial charge on any atom is 0.139 e. The quantitative estimate of drug-likeness (QED) is 0.572. The molecule has 0 saturated carbocycles. The third kappa shape index (κ3) is 2.13. The van der Waals surface area contributed by atoms with Crippen molar-refractivity contribution < 1.29 is 0 Å². The Labute approximate surface area is 106 Å². The van der Waals surface area contributed by atoms with Gasteiger partial charge in [0, 0.05) is 17.3 Å². The fraction of sp³-hybridized carbons (Fsp3) is 0.214. The predicted octanol–water partition coefficient (Wildman–Crippen LogP) is 4.48. The third-order valence-corrected chi connectivity index (χ3v) is 2.76. The highest BCUT2D eigenvalue weighted by molar-refractivity contribution is 6.30. The second-order valence-electron chi connectivity index (χ2n) is 3.68. The molecule has 0 amide bonds. The Kier molecular flexibility index (Phi) is 3.34. The Hall–Kier alpha value is -1.54. The Balaban J connectivity index is 0.000000514. The molecule has 3 aromatic rings. The summed E-state index contributed by atoms with van der Waals surface area (Å²) in [5, 5.41) is 0.717. The van der Waals surface area contributed by atoms with E-state index in [2.05, 4.69) is 30.1 Å². The van der Waals surface area contributed by atoms with Gasteiger partial charge in [0.1, 0.15) is 5.65 Å². The lowest BCUT2D eigenvalue weighted by atomic mass is 10.2. The summed E-state index contributed by atoms with van der Waals surface area (Å²) in [7, 11) is 0. The second-order valence-corrected chi connectivity index (χ2v) is 4.11. The van der Waals surface area contributed by atoms with Gasteiger partial charge in [-0.2, -0.15) is 0 Å². The minimum atomic E-state index is 0.717. The number of hydrogen-bond donors (Lipinski definition) is 0. The van der Waals surface area contributed by atoms with Crippen LogP contribution in [0.15, 0.2) is 36.5 Å². The highest BCUT2D eigenvalue weighted by atomic mass is 35.5. The monoisotopic (exact) mass is 246 g/mol. The van der Waals surface area contributed by atoms with Crippen molar-refractivity contribution in [3.05, 3.63) is 47.1 Å². The molecular formula is C14H15ClN2. The summed E-state index contributed by atoms with van der Waals surface area (Å²) in [5.74, 6) is 0. The fourth-order valence-corrected chi connectivity index (χ4v) is 1.96. The van der Waals surface area contributed by atoms with Crippen molar-refractivity contribution >= 4 is 28.3 Å². The summed E-state index contributed by atoms with van der Waals surface area (Å²) in [6, 6.07) is 9.99. The number of pyridine rings is 1. The van der Waals surface area contributed by atoms with E-state index in [0.717, 1.165) is 21.7 Å². The number of imidazole rings is 1. The molecule has 3 heteroatoms. The van der Waals surface area contributed by atoms with E-state index in [0.29, 0.717) is 0 Å². The van der Waals surface area contributed by atoms with Crippen LogP contribution in [0.1, 0.15) is 19.4 Å². The van der Waals surface area contributed by atoms with Crippen LogP contribution in [-0.4, -0.2) is 9.38 Å². The van der Waals surface area contributed by atoms with E-state index in [1.165, 1.54) is 5.56 Å². The van der Waals surface area contributed by atoms with Crippen LogP contribution in [-0.2, 0) is 0 Å². The molecule has 2 heterocycles. The molecule has 0 radical (unpaired) electrons. The molecule has 88 valence electrons. The number of halogens is 1. The Bertz CT molecular complexity index is 599. The minimum Gasteiger partial charge on any atom is -0.300 e. The highest BCUT2D eigenvalue weighted by Gasteiger charge is 2.03. The van der Waals surface area contributed by atoms with Crippen molar-refractivity contribution in [2.75, 3.05) is 0 Å². The molecule has 0 N–H and O–H groups in total. The van der Waals surface area contributed by atoms with Gasteiger partial charge in [-0.3, -0.25) is 4.40 Å². The number of nitrogens with zero attached hydrogens (tertiary/aromatic N) is 2. The molecule has 0 aliphatic carbocycles. The van der Waals surface area contributed by atoms with Crippen LogP contribution in [0.5, 0.6) is 0 Å². The average molecular weight is 247 g/mol. The van der Waals surface area contributed by atoms with E-state index in [4.69, 9.17) is 11.6 Å². The zero-order chi connectivity index (χ0) is 12.4. The Morgan fingerprint density at radius 3 is 2.65 bits per heavy atom. The summed E-state index contributed by atoms with van der Waals surface area (Å²) in [6.45, 7) is 6.07. The molecule has 2 nitrogen and oxygen atoms in total. The lowest BCUT2D eigenvalue weighted by molar-refractivity contribution is 1.23. The minimum absolute atomic E-state index is 0.717. The first-order chi connectivity index (χ1) is 8.24. The zero-order valence-electron chi connectivity index (χ0n) is 10.2. The molecule has 0 aliphatic heterocycles. The first-order valence-corrected chi connectivity index (χ1v) is 6.16. The van der Waals surface area contributed by atoms with Crippen molar-refractivity contribution in [1.82, 2.24) is 9.38 Å². The normalized spacial score (nSPS) is 10.4. The topological polar surface area (TPSA) is 17.3 Å². The SMILES string of the molecule is CC.Cc1ccc2c(c1)nc1cc(Cl)ccn12. The van der Waals surface area contributed by atoms with Crippen molar-refractivity contribution in [1.29, 1.82) is 0 Å². The van der Waals surface area contributed by atoms with Crippen LogP contribution >= 0.6 is 11.6 Å². The van der Waals surface area contributed by atoms with Crippen LogP contribution in [0.2, 0.25) is 5.02 Å². The van der Waals surface area contributed by atoms with Gasteiger partial charge in [-0.1, -0.05) is 31.5 Å². The molecule has 2 aromatic heterocycles. The van der Waals surface area contributed by atoms with E-state index >= 15 is 0 Å². The van der Waals surface area contributed by atoms with Crippen LogP contribution in [0.4, 0.5) is 0 Å². The van der Waals surface area contributed by atoms with Gasteiger partial charge in [0.2, 0.25) is 0 Å². The van der Waals surface area contributed by atoms with Gasteiger partial charge in [-0.05, 0) is 30.7 Å². The van der Waals surface area contributed by atoms with E-state index in [-0.39, 0.29) is 0 Å². The summed E-state index contributed by atoms with van der Waals surface area (Å²) >= 11 is 5.92. The number of aromatic nitrogens is 2. The average Bonchev–Trinajstić information content (AvgIpc) is 2.67. The number of rotatable bonds is 0. The molecule has 0 aliphatic rings. The summed E-state index contributed by atoms with van der Waals surface area (Å²) in [5.41, 5.74) is 4.24. The van der Waals surface area contributed by atoms with Crippen LogP contribution < -0.4 is 0 Å². The van der Waals surface area contributed by atoms with Gasteiger partial charge in [0.25, 0.3) is 0 Å². The molecule has 0 saturated heterocycles. The van der Waals surface area contributed by atoms with Crippen LogP contribution in [0, 0.1) is 6.92 Å². The molecular weight excluding hydrogens is 232 g/mol. The predicted molar refractivity (Wildman–Crippen MR) is 73.8 cm³/mol. The Morgan fingerprint density at radius 2 is 1.88 bits per heavy atom. The maximum absolute atomic E-state index is 5.92. The van der Waals surface area contributed by atoms with Crippen molar-refractivity contribution in [2.24, 2.45) is 0 Å². The first-order valence-electron chi connectivity index (χ1n) is 5.78. The van der Waals surface area contributed by atoms with Crippen molar-refractivity contribution in [2.45, 2.75) is 20.8 Å². The summed E-state index contributed by atoms with van der Waals surface area (Å²) < 4.78 is 2.04. The first kappa shape index (κ1) is 11.9. The molecule has 0 spiro atoms. The van der Waals surface area contributed by atoms with Crippen LogP contribution in [0.3, 0.4) is 0 Å². The maximum atomic E-state index is 5.92. The van der Waals surface area contributed by atoms with Gasteiger partial charge < -0.3 is 0 Å². The van der Waals surface area contributed by atoms with Crippen molar-refractivity contribution in [3.8, 4) is 0 Å². The standard InChI is InChI=1S/C12H9ClN2.C2H6/c1-8-2-3-11-10(6-8)14-12-7-9(13)4-5-15(11)12;1-2/h2-7H,1H3;1-2H3. The molecule has 1 aromatic carbocycles. The molecule has 0 fully saturated rings. The lowest BCUT2D eigenvalue weighted by Crippen LogP contribution is -1.82. The van der Waals surface area contributed by atoms with E-state index in [1.54, 1.807) is 0 Å². The number of benzene rings is 1. The fourth-order valence-electron chi connectivity index (χ4n) is 1.80. The van der Waals surface area contributed by atoms with Gasteiger partial charge in [-0.25, -0.2) is 4.98 Å². The van der Waals surface area contributed by atoms with Gasteiger partial charge in [0.05, 0.1) is 11.0 Å². The van der Waals surface area contributed by atoms with E-state index < -0.39 is 0 Å². The largest absolute Gasteiger partial charge is 0.300 e. The highest BCUT2D eigenvalue weighted by Crippen LogP contribution is 2.20. The molecule has 0 unspecified atom stereocenters. The van der Waals surface area contributed by atoms with Crippen molar-refractivity contribution in [3.63, 3.8) is 0 Å². The molecule has 0 bridgehead atoms. The molecule has 0 atom stereocenters. The summed E-state index contributed by atoms with van der Waals surface area (Å²) in [6.07, 6.45) is 1.95. The van der Waals surface area contributed by atoms with Gasteiger partial charge >= 0.3 is 0 Å². The zero-order valence-corrected chi connectivity index (χ0v) is 11.0. The second kappa shape index (κ2) is 4.76. The molecule has 3 rings (SSSR count). The van der Waals surface area contributed by atoms with Gasteiger partial charge in [-0.15, -0.1) is 0 Å². The smallest absolute Gasteiger partial charge is 0.139 e. The third-order valence-electron chi connectivity index (χ3n) is 2.52. The number of hydrogen-bond acceptors (Lipinski definition) is 1. The summed E-state index contributed by atoms with van der Waals surface area (Å²) in [4.78, 5) is 4.52. The van der Waals surface area contributed by atoms with Gasteiger partial charge in [0.15, 0.2) is 0 Å².